The number of carboxylic acids is 1. The number of aliphatic carboxylic acids is 1. The first-order valence-corrected chi connectivity index (χ1v) is 6.68. The molecular weight excluding hydrogens is 347 g/mol. The number of nitrogens with zero attached hydrogens (tertiary/aromatic N) is 1. The highest BCUT2D eigenvalue weighted by atomic mass is 19.4. The molecule has 0 aliphatic heterocycles. The van der Waals surface area contributed by atoms with Crippen LogP contribution in [0.15, 0.2) is 30.3 Å². The quantitative estimate of drug-likeness (QED) is 0.787. The van der Waals surface area contributed by atoms with Crippen LogP contribution in [0.1, 0.15) is 13.8 Å². The van der Waals surface area contributed by atoms with Gasteiger partial charge in [-0.1, -0.05) is 18.2 Å². The predicted octanol–water partition coefficient (Wildman–Crippen LogP) is 4.44. The van der Waals surface area contributed by atoms with E-state index in [9.17, 15) is 35.5 Å². The number of anilines is 1. The van der Waals surface area contributed by atoms with E-state index in [2.05, 4.69) is 43.0 Å². The van der Waals surface area contributed by atoms with Gasteiger partial charge in [-0.25, -0.2) is 4.79 Å². The summed E-state index contributed by atoms with van der Waals surface area (Å²) in [6, 6.07) is 10.5. The molecule has 0 unspecified atom stereocenters. The first-order chi connectivity index (χ1) is 10.8. The third-order valence-electron chi connectivity index (χ3n) is 2.90. The summed E-state index contributed by atoms with van der Waals surface area (Å²) < 4.78 is 80.5. The summed E-state index contributed by atoms with van der Waals surface area (Å²) in [5.74, 6) is -16.3. The molecule has 0 saturated heterocycles. The number of hydrogen-bond acceptors (Lipinski definition) is 2. The number of halogens is 7. The first kappa shape index (κ1) is 22.0. The van der Waals surface area contributed by atoms with Crippen molar-refractivity contribution in [2.75, 3.05) is 18.0 Å². The molecule has 0 radical (unpaired) electrons. The number of carbonyl (C=O) groups is 1. The summed E-state index contributed by atoms with van der Waals surface area (Å²) in [6.45, 7) is 6.52. The highest BCUT2D eigenvalue weighted by molar-refractivity contribution is 5.76. The lowest BCUT2D eigenvalue weighted by Crippen LogP contribution is -2.56. The van der Waals surface area contributed by atoms with Crippen LogP contribution in [0.2, 0.25) is 0 Å². The standard InChI is InChI=1S/C10H15N.C4HF7O2/c1-3-11(4-2)10-8-6-5-7-9-10;5-2(6,1(12)13)3(7,8)4(9,10)11/h5-9H,3-4H2,1-2H3;(H,12,13). The summed E-state index contributed by atoms with van der Waals surface area (Å²) in [5.41, 5.74) is 1.32. The molecule has 0 spiro atoms. The fraction of sp³-hybridized carbons (Fsp3) is 0.500. The topological polar surface area (TPSA) is 40.5 Å². The van der Waals surface area contributed by atoms with Crippen molar-refractivity contribution < 1.29 is 40.6 Å². The molecule has 1 aromatic rings. The molecule has 0 amide bonds. The fourth-order valence-electron chi connectivity index (χ4n) is 1.54. The number of rotatable bonds is 5. The average Bonchev–Trinajstić information content (AvgIpc) is 2.49. The van der Waals surface area contributed by atoms with Crippen LogP contribution < -0.4 is 4.90 Å². The van der Waals surface area contributed by atoms with Gasteiger partial charge in [0.05, 0.1) is 0 Å². The van der Waals surface area contributed by atoms with E-state index in [-0.39, 0.29) is 0 Å². The summed E-state index contributed by atoms with van der Waals surface area (Å²) >= 11 is 0. The van der Waals surface area contributed by atoms with Gasteiger partial charge in [-0.2, -0.15) is 30.7 Å². The highest BCUT2D eigenvalue weighted by Crippen LogP contribution is 2.46. The molecule has 0 fully saturated rings. The first-order valence-electron chi connectivity index (χ1n) is 6.68. The van der Waals surface area contributed by atoms with Crippen LogP contribution in [-0.4, -0.2) is 42.2 Å². The highest BCUT2D eigenvalue weighted by Gasteiger charge is 2.76. The van der Waals surface area contributed by atoms with Crippen LogP contribution in [-0.2, 0) is 4.79 Å². The summed E-state index contributed by atoms with van der Waals surface area (Å²) in [7, 11) is 0. The van der Waals surface area contributed by atoms with Gasteiger partial charge in [-0.15, -0.1) is 0 Å². The van der Waals surface area contributed by atoms with Crippen molar-refractivity contribution in [1.82, 2.24) is 0 Å². The second-order valence-corrected chi connectivity index (χ2v) is 4.46. The van der Waals surface area contributed by atoms with Crippen molar-refractivity contribution in [2.24, 2.45) is 0 Å². The normalized spacial score (nSPS) is 12.2. The molecule has 1 rings (SSSR count). The van der Waals surface area contributed by atoms with Crippen molar-refractivity contribution in [3.8, 4) is 0 Å². The Bertz CT molecular complexity index is 514. The molecule has 0 aliphatic rings. The molecule has 3 nitrogen and oxygen atoms in total. The Hall–Kier alpha value is -2.00. The minimum Gasteiger partial charge on any atom is -0.477 e. The molecule has 0 saturated carbocycles. The number of carboxylic acid groups (broad SMARTS) is 1. The van der Waals surface area contributed by atoms with Crippen molar-refractivity contribution >= 4 is 11.7 Å². The van der Waals surface area contributed by atoms with E-state index in [1.54, 1.807) is 0 Å². The Balaban J connectivity index is 0.000000446. The van der Waals surface area contributed by atoms with Gasteiger partial charge in [-0.05, 0) is 26.0 Å². The minimum atomic E-state index is -6.60. The number of alkyl halides is 7. The van der Waals surface area contributed by atoms with Crippen molar-refractivity contribution in [3.63, 3.8) is 0 Å². The molecule has 0 bridgehead atoms. The number of para-hydroxylation sites is 1. The number of hydrogen-bond donors (Lipinski definition) is 1. The third kappa shape index (κ3) is 5.00. The van der Waals surface area contributed by atoms with E-state index in [0.717, 1.165) is 13.1 Å². The molecule has 10 heteroatoms. The molecule has 1 aromatic carbocycles. The van der Waals surface area contributed by atoms with E-state index in [0.29, 0.717) is 0 Å². The lowest BCUT2D eigenvalue weighted by atomic mass is 10.1. The van der Waals surface area contributed by atoms with E-state index in [1.807, 2.05) is 6.07 Å². The van der Waals surface area contributed by atoms with Gasteiger partial charge in [0.1, 0.15) is 0 Å². The smallest absolute Gasteiger partial charge is 0.460 e. The van der Waals surface area contributed by atoms with Crippen molar-refractivity contribution in [3.05, 3.63) is 30.3 Å². The molecule has 0 atom stereocenters. The molecule has 0 aliphatic carbocycles. The Kier molecular flexibility index (Phi) is 7.52. The fourth-order valence-corrected chi connectivity index (χ4v) is 1.54. The zero-order chi connectivity index (χ0) is 19.2. The van der Waals surface area contributed by atoms with Crippen LogP contribution in [0.25, 0.3) is 0 Å². The maximum atomic E-state index is 11.8. The predicted molar refractivity (Wildman–Crippen MR) is 73.6 cm³/mol. The Morgan fingerprint density at radius 1 is 0.958 bits per heavy atom. The maximum Gasteiger partial charge on any atom is 0.460 e. The Morgan fingerprint density at radius 2 is 1.38 bits per heavy atom. The van der Waals surface area contributed by atoms with Crippen molar-refractivity contribution in [2.45, 2.75) is 31.9 Å². The monoisotopic (exact) mass is 363 g/mol. The van der Waals surface area contributed by atoms with E-state index in [1.165, 1.54) is 5.69 Å². The Morgan fingerprint density at radius 3 is 1.62 bits per heavy atom. The lowest BCUT2D eigenvalue weighted by molar-refractivity contribution is -0.347. The summed E-state index contributed by atoms with van der Waals surface area (Å²) in [4.78, 5) is 11.7. The van der Waals surface area contributed by atoms with E-state index in [4.69, 9.17) is 5.11 Å². The van der Waals surface area contributed by atoms with Gasteiger partial charge in [0.15, 0.2) is 0 Å². The zero-order valence-corrected chi connectivity index (χ0v) is 12.7. The van der Waals surface area contributed by atoms with E-state index < -0.39 is 24.0 Å². The van der Waals surface area contributed by atoms with Crippen LogP contribution in [0, 0.1) is 0 Å². The van der Waals surface area contributed by atoms with E-state index >= 15 is 0 Å². The molecule has 138 valence electrons. The lowest BCUT2D eigenvalue weighted by Gasteiger charge is -2.24. The van der Waals surface area contributed by atoms with Gasteiger partial charge in [0.2, 0.25) is 0 Å². The van der Waals surface area contributed by atoms with Gasteiger partial charge >= 0.3 is 24.0 Å². The Labute approximate surface area is 133 Å². The van der Waals surface area contributed by atoms with Gasteiger partial charge in [0, 0.05) is 18.8 Å². The van der Waals surface area contributed by atoms with Crippen LogP contribution in [0.5, 0.6) is 0 Å². The molecule has 0 aromatic heterocycles. The SMILES string of the molecule is CCN(CC)c1ccccc1.O=C(O)C(F)(F)C(F)(F)C(F)(F)F. The molecule has 24 heavy (non-hydrogen) atoms. The average molecular weight is 363 g/mol. The minimum absolute atomic E-state index is 1.08. The van der Waals surface area contributed by atoms with Crippen molar-refractivity contribution in [1.29, 1.82) is 0 Å². The summed E-state index contributed by atoms with van der Waals surface area (Å²) in [5, 5.41) is 7.41. The molecule has 1 N–H and O–H groups in total. The molecule has 0 heterocycles. The summed E-state index contributed by atoms with van der Waals surface area (Å²) in [6.07, 6.45) is -6.60. The third-order valence-corrected chi connectivity index (χ3v) is 2.90. The number of benzene rings is 1. The van der Waals surface area contributed by atoms with Crippen LogP contribution in [0.4, 0.5) is 36.4 Å². The largest absolute Gasteiger partial charge is 0.477 e. The van der Waals surface area contributed by atoms with Crippen LogP contribution >= 0.6 is 0 Å². The second-order valence-electron chi connectivity index (χ2n) is 4.46. The van der Waals surface area contributed by atoms with Gasteiger partial charge in [0.25, 0.3) is 0 Å². The van der Waals surface area contributed by atoms with Gasteiger partial charge in [-0.3, -0.25) is 0 Å². The molecular formula is C14H16F7NO2. The van der Waals surface area contributed by atoms with Crippen LogP contribution in [0.3, 0.4) is 0 Å². The van der Waals surface area contributed by atoms with Gasteiger partial charge < -0.3 is 10.0 Å². The maximum absolute atomic E-state index is 11.8. The zero-order valence-electron chi connectivity index (χ0n) is 12.7. The second kappa shape index (κ2) is 8.20.